The maximum absolute atomic E-state index is 4.77. The third kappa shape index (κ3) is 9.89. The van der Waals surface area contributed by atoms with Gasteiger partial charge in [0.25, 0.3) is 0 Å². The molecule has 0 nitrogen and oxygen atoms in total. The molecule has 0 N–H and O–H groups in total. The molecule has 0 amide bonds. The zero-order valence-electron chi connectivity index (χ0n) is 6.05. The Kier molecular flexibility index (Phi) is 6.52. The number of aryl methyl sites for hydroxylation is 1. The monoisotopic (exact) mass is 206 g/mol. The van der Waals surface area contributed by atoms with Gasteiger partial charge in [0.15, 0.2) is 3.78 Å². The summed E-state index contributed by atoms with van der Waals surface area (Å²) < 4.78 is -0.0556. The van der Waals surface area contributed by atoms with Crippen molar-refractivity contribution in [2.75, 3.05) is 0 Å². The van der Waals surface area contributed by atoms with Crippen molar-refractivity contribution in [1.82, 2.24) is 0 Å². The molecular weight excluding hydrogens is 199 g/mol. The lowest BCUT2D eigenvalue weighted by Gasteiger charge is -1.82. The van der Waals surface area contributed by atoms with Crippen LogP contribution in [0.25, 0.3) is 0 Å². The summed E-state index contributed by atoms with van der Waals surface area (Å²) in [5.41, 5.74) is 1.32. The Balaban J connectivity index is 0.000000218. The van der Waals surface area contributed by atoms with E-state index in [0.717, 1.165) is 0 Å². The average Bonchev–Trinajstić information content (AvgIpc) is 1.87. The number of benzene rings is 1. The zero-order chi connectivity index (χ0) is 8.69. The lowest BCUT2D eigenvalue weighted by Crippen LogP contribution is -1.62. The Morgan fingerprint density at radius 1 is 1.18 bits per heavy atom. The Morgan fingerprint density at radius 3 is 1.73 bits per heavy atom. The minimum Gasteiger partial charge on any atom is -0.0622 e. The lowest BCUT2D eigenvalue weighted by molar-refractivity contribution is 1.48. The second-order valence-corrected chi connectivity index (χ2v) is 3.69. The second kappa shape index (κ2) is 6.59. The fourth-order valence-electron chi connectivity index (χ4n) is 0.534. The molecule has 1 rings (SSSR count). The maximum atomic E-state index is 4.77. The number of hydrogen-bond donors (Lipinski definition) is 0. The van der Waals surface area contributed by atoms with Crippen molar-refractivity contribution in [3.8, 4) is 0 Å². The zero-order valence-corrected chi connectivity index (χ0v) is 8.38. The van der Waals surface area contributed by atoms with E-state index in [1.165, 1.54) is 5.56 Å². The molecule has 0 radical (unpaired) electrons. The first-order valence-corrected chi connectivity index (χ1v) is 4.16. The van der Waals surface area contributed by atoms with E-state index in [4.69, 9.17) is 23.2 Å². The van der Waals surface area contributed by atoms with Gasteiger partial charge in [-0.2, -0.15) is 0 Å². The molecule has 0 unspecified atom stereocenters. The summed E-state index contributed by atoms with van der Waals surface area (Å²) in [6.45, 7) is 2.08. The smallest absolute Gasteiger partial charge is 0.0622 e. The minimum atomic E-state index is -0.0556. The van der Waals surface area contributed by atoms with Gasteiger partial charge in [0, 0.05) is 0 Å². The maximum Gasteiger partial charge on any atom is 0.169 e. The number of hydrogen-bond acceptors (Lipinski definition) is 1. The van der Waals surface area contributed by atoms with Crippen LogP contribution in [0.2, 0.25) is 0 Å². The molecule has 11 heavy (non-hydrogen) atoms. The Bertz CT molecular complexity index is 205. The molecule has 0 bridgehead atoms. The first kappa shape index (κ1) is 10.9. The molecular formula is C8H8Cl2S. The van der Waals surface area contributed by atoms with Crippen LogP contribution >= 0.6 is 35.4 Å². The molecule has 0 aromatic heterocycles. The fraction of sp³-hybridized carbons (Fsp3) is 0.125. The molecule has 0 aliphatic rings. The molecule has 0 aliphatic carbocycles. The molecule has 1 aromatic carbocycles. The van der Waals surface area contributed by atoms with Gasteiger partial charge < -0.3 is 0 Å². The van der Waals surface area contributed by atoms with Gasteiger partial charge in [0.2, 0.25) is 0 Å². The van der Waals surface area contributed by atoms with Gasteiger partial charge in [-0.3, -0.25) is 0 Å². The highest BCUT2D eigenvalue weighted by atomic mass is 35.5. The summed E-state index contributed by atoms with van der Waals surface area (Å²) in [4.78, 5) is 0. The van der Waals surface area contributed by atoms with Crippen LogP contribution in [0.3, 0.4) is 0 Å². The van der Waals surface area contributed by atoms with Crippen molar-refractivity contribution in [2.45, 2.75) is 6.92 Å². The normalized spacial score (nSPS) is 7.91. The first-order valence-electron chi connectivity index (χ1n) is 2.99. The third-order valence-corrected chi connectivity index (χ3v) is 0.940. The number of halogens is 2. The summed E-state index contributed by atoms with van der Waals surface area (Å²) in [7, 11) is 0. The van der Waals surface area contributed by atoms with Crippen LogP contribution in [0.1, 0.15) is 5.56 Å². The van der Waals surface area contributed by atoms with Crippen molar-refractivity contribution in [3.05, 3.63) is 35.9 Å². The summed E-state index contributed by atoms with van der Waals surface area (Å²) in [6.07, 6.45) is 0. The predicted octanol–water partition coefficient (Wildman–Crippen LogP) is 3.74. The molecule has 0 heterocycles. The van der Waals surface area contributed by atoms with Crippen LogP contribution in [-0.4, -0.2) is 3.78 Å². The van der Waals surface area contributed by atoms with E-state index in [1.54, 1.807) is 0 Å². The molecule has 60 valence electrons. The first-order chi connectivity index (χ1) is 5.13. The van der Waals surface area contributed by atoms with E-state index in [-0.39, 0.29) is 3.78 Å². The van der Waals surface area contributed by atoms with Crippen molar-refractivity contribution >= 4 is 39.2 Å². The van der Waals surface area contributed by atoms with Crippen molar-refractivity contribution in [3.63, 3.8) is 0 Å². The topological polar surface area (TPSA) is 0 Å². The summed E-state index contributed by atoms with van der Waals surface area (Å²) in [5.74, 6) is 0. The lowest BCUT2D eigenvalue weighted by atomic mass is 10.2. The van der Waals surface area contributed by atoms with Gasteiger partial charge in [-0.25, -0.2) is 0 Å². The highest BCUT2D eigenvalue weighted by molar-refractivity contribution is 7.86. The minimum absolute atomic E-state index is 0.0556. The third-order valence-electron chi connectivity index (χ3n) is 0.940. The standard InChI is InChI=1S/C7H8.CCl2S/c1-7-5-3-2-4-6-7;2-1(3)4/h2-6H,1H3;. The highest BCUT2D eigenvalue weighted by Crippen LogP contribution is 1.92. The van der Waals surface area contributed by atoms with E-state index >= 15 is 0 Å². The molecule has 1 aromatic rings. The van der Waals surface area contributed by atoms with Crippen LogP contribution in [-0.2, 0) is 0 Å². The van der Waals surface area contributed by atoms with Crippen molar-refractivity contribution in [2.24, 2.45) is 0 Å². The number of rotatable bonds is 0. The highest BCUT2D eigenvalue weighted by Gasteiger charge is 1.72. The van der Waals surface area contributed by atoms with E-state index in [0.29, 0.717) is 0 Å². The van der Waals surface area contributed by atoms with E-state index < -0.39 is 0 Å². The van der Waals surface area contributed by atoms with Crippen LogP contribution in [0, 0.1) is 6.92 Å². The van der Waals surface area contributed by atoms with Gasteiger partial charge in [-0.05, 0) is 6.92 Å². The SMILES string of the molecule is Cc1ccccc1.S=C(Cl)Cl. The van der Waals surface area contributed by atoms with Gasteiger partial charge >= 0.3 is 0 Å². The fourth-order valence-corrected chi connectivity index (χ4v) is 0.534. The van der Waals surface area contributed by atoms with E-state index in [9.17, 15) is 0 Å². The van der Waals surface area contributed by atoms with Crippen LogP contribution in [0.4, 0.5) is 0 Å². The predicted molar refractivity (Wildman–Crippen MR) is 55.5 cm³/mol. The van der Waals surface area contributed by atoms with Gasteiger partial charge in [0.05, 0.1) is 0 Å². The van der Waals surface area contributed by atoms with Gasteiger partial charge in [0.1, 0.15) is 0 Å². The largest absolute Gasteiger partial charge is 0.169 e. The number of thiocarbonyl (C=S) groups is 1. The molecule has 0 atom stereocenters. The summed E-state index contributed by atoms with van der Waals surface area (Å²) in [5, 5.41) is 0. The summed E-state index contributed by atoms with van der Waals surface area (Å²) in [6, 6.07) is 10.3. The summed E-state index contributed by atoms with van der Waals surface area (Å²) >= 11 is 13.6. The van der Waals surface area contributed by atoms with E-state index in [1.807, 2.05) is 18.2 Å². The molecule has 0 spiro atoms. The van der Waals surface area contributed by atoms with Gasteiger partial charge in [-0.1, -0.05) is 71.3 Å². The van der Waals surface area contributed by atoms with Crippen LogP contribution in [0.5, 0.6) is 0 Å². The van der Waals surface area contributed by atoms with Crippen molar-refractivity contribution < 1.29 is 0 Å². The molecule has 0 fully saturated rings. The molecule has 0 saturated heterocycles. The van der Waals surface area contributed by atoms with Crippen LogP contribution < -0.4 is 0 Å². The molecule has 3 heteroatoms. The second-order valence-electron chi connectivity index (χ2n) is 1.88. The van der Waals surface area contributed by atoms with Crippen LogP contribution in [0.15, 0.2) is 30.3 Å². The van der Waals surface area contributed by atoms with Crippen molar-refractivity contribution in [1.29, 1.82) is 0 Å². The Hall–Kier alpha value is -0.110. The Morgan fingerprint density at radius 2 is 1.55 bits per heavy atom. The average molecular weight is 207 g/mol. The van der Waals surface area contributed by atoms with Gasteiger partial charge in [-0.15, -0.1) is 0 Å². The molecule has 0 saturated carbocycles. The molecule has 0 aliphatic heterocycles. The quantitative estimate of drug-likeness (QED) is 0.461. The Labute approximate surface area is 82.1 Å². The van der Waals surface area contributed by atoms with E-state index in [2.05, 4.69) is 31.3 Å².